The van der Waals surface area contributed by atoms with Gasteiger partial charge in [0.15, 0.2) is 0 Å². The molecule has 0 radical (unpaired) electrons. The van der Waals surface area contributed by atoms with Gasteiger partial charge in [0.25, 0.3) is 5.91 Å². The average molecular weight is 340 g/mol. The van der Waals surface area contributed by atoms with Gasteiger partial charge in [-0.2, -0.15) is 0 Å². The molecule has 5 heteroatoms. The predicted octanol–water partition coefficient (Wildman–Crippen LogP) is 2.53. The lowest BCUT2D eigenvalue weighted by Gasteiger charge is -2.24. The molecule has 0 bridgehead atoms. The summed E-state index contributed by atoms with van der Waals surface area (Å²) in [6.45, 7) is 3.90. The van der Waals surface area contributed by atoms with Crippen molar-refractivity contribution >= 4 is 5.91 Å². The van der Waals surface area contributed by atoms with E-state index in [9.17, 15) is 4.79 Å². The van der Waals surface area contributed by atoms with E-state index in [1.807, 2.05) is 43.3 Å². The van der Waals surface area contributed by atoms with Crippen LogP contribution in [0.5, 0.6) is 5.75 Å². The number of nitrogens with one attached hydrogen (secondary N) is 2. The molecule has 2 atom stereocenters. The van der Waals surface area contributed by atoms with Crippen LogP contribution in [0.2, 0.25) is 0 Å². The summed E-state index contributed by atoms with van der Waals surface area (Å²) in [5, 5.41) is 6.19. The van der Waals surface area contributed by atoms with Crippen molar-refractivity contribution in [3.63, 3.8) is 0 Å². The summed E-state index contributed by atoms with van der Waals surface area (Å²) in [6, 6.07) is 16.0. The summed E-state index contributed by atoms with van der Waals surface area (Å²) in [7, 11) is 1.67. The highest BCUT2D eigenvalue weighted by Crippen LogP contribution is 2.30. The third-order valence-electron chi connectivity index (χ3n) is 4.41. The number of hydrogen-bond acceptors (Lipinski definition) is 4. The zero-order valence-corrected chi connectivity index (χ0v) is 14.6. The molecule has 2 aromatic carbocycles. The maximum Gasteiger partial charge on any atom is 0.250 e. The van der Waals surface area contributed by atoms with Gasteiger partial charge in [-0.05, 0) is 24.1 Å². The number of rotatable bonds is 5. The van der Waals surface area contributed by atoms with Crippen molar-refractivity contribution in [1.29, 1.82) is 0 Å². The van der Waals surface area contributed by atoms with Crippen LogP contribution in [-0.2, 0) is 9.53 Å². The van der Waals surface area contributed by atoms with Crippen LogP contribution in [-0.4, -0.2) is 38.8 Å². The van der Waals surface area contributed by atoms with E-state index in [2.05, 4.69) is 22.8 Å². The van der Waals surface area contributed by atoms with Gasteiger partial charge in [-0.15, -0.1) is 0 Å². The first-order valence-electron chi connectivity index (χ1n) is 8.55. The van der Waals surface area contributed by atoms with Crippen LogP contribution >= 0.6 is 0 Å². The summed E-state index contributed by atoms with van der Waals surface area (Å²) >= 11 is 0. The van der Waals surface area contributed by atoms with Gasteiger partial charge < -0.3 is 20.1 Å². The molecule has 3 rings (SSSR count). The molecular weight excluding hydrogens is 316 g/mol. The van der Waals surface area contributed by atoms with E-state index in [1.54, 1.807) is 7.11 Å². The van der Waals surface area contributed by atoms with Crippen LogP contribution < -0.4 is 15.4 Å². The molecule has 1 fully saturated rings. The quantitative estimate of drug-likeness (QED) is 0.878. The smallest absolute Gasteiger partial charge is 0.250 e. The number of hydrogen-bond donors (Lipinski definition) is 2. The van der Waals surface area contributed by atoms with Gasteiger partial charge in [0.2, 0.25) is 0 Å². The number of ether oxygens (including phenoxy) is 2. The molecule has 1 aliphatic rings. The van der Waals surface area contributed by atoms with E-state index in [1.165, 1.54) is 0 Å². The second-order valence-electron chi connectivity index (χ2n) is 6.12. The monoisotopic (exact) mass is 340 g/mol. The first kappa shape index (κ1) is 17.5. The molecule has 2 N–H and O–H groups in total. The Morgan fingerprint density at radius 3 is 2.68 bits per heavy atom. The summed E-state index contributed by atoms with van der Waals surface area (Å²) < 4.78 is 10.9. The molecular formula is C20H24N2O3. The summed E-state index contributed by atoms with van der Waals surface area (Å²) in [6.07, 6.45) is -0.413. The molecule has 25 heavy (non-hydrogen) atoms. The number of amides is 1. The van der Waals surface area contributed by atoms with Crippen molar-refractivity contribution in [2.45, 2.75) is 19.1 Å². The van der Waals surface area contributed by atoms with Gasteiger partial charge in [-0.1, -0.05) is 42.5 Å². The lowest BCUT2D eigenvalue weighted by molar-refractivity contribution is -0.134. The molecule has 0 aliphatic carbocycles. The predicted molar refractivity (Wildman–Crippen MR) is 97.6 cm³/mol. The maximum atomic E-state index is 12.3. The highest BCUT2D eigenvalue weighted by Gasteiger charge is 2.23. The Bertz CT molecular complexity index is 709. The van der Waals surface area contributed by atoms with Crippen LogP contribution in [0.25, 0.3) is 11.1 Å². The van der Waals surface area contributed by atoms with Gasteiger partial charge in [0.1, 0.15) is 11.9 Å². The van der Waals surface area contributed by atoms with Crippen molar-refractivity contribution < 1.29 is 14.3 Å². The Hall–Kier alpha value is -2.37. The normalized spacial score (nSPS) is 18.4. The Morgan fingerprint density at radius 1 is 1.24 bits per heavy atom. The van der Waals surface area contributed by atoms with E-state index in [0.717, 1.165) is 29.0 Å². The zero-order chi connectivity index (χ0) is 17.6. The molecule has 1 saturated heterocycles. The zero-order valence-electron chi connectivity index (χ0n) is 14.6. The fraction of sp³-hybridized carbons (Fsp3) is 0.350. The second-order valence-corrected chi connectivity index (χ2v) is 6.12. The molecule has 1 amide bonds. The van der Waals surface area contributed by atoms with Gasteiger partial charge in [0, 0.05) is 18.7 Å². The molecule has 2 unspecified atom stereocenters. The van der Waals surface area contributed by atoms with Crippen LogP contribution in [0.4, 0.5) is 0 Å². The van der Waals surface area contributed by atoms with Gasteiger partial charge in [-0.25, -0.2) is 0 Å². The van der Waals surface area contributed by atoms with Crippen molar-refractivity contribution in [3.8, 4) is 16.9 Å². The van der Waals surface area contributed by atoms with Gasteiger partial charge in [0.05, 0.1) is 19.8 Å². The molecule has 5 nitrogen and oxygen atoms in total. The van der Waals surface area contributed by atoms with Gasteiger partial charge in [-0.3, -0.25) is 4.79 Å². The maximum absolute atomic E-state index is 12.3. The fourth-order valence-electron chi connectivity index (χ4n) is 2.96. The molecule has 1 aliphatic heterocycles. The number of carbonyl (C=O) groups excluding carboxylic acids is 1. The van der Waals surface area contributed by atoms with Crippen LogP contribution in [0.3, 0.4) is 0 Å². The Morgan fingerprint density at radius 2 is 2.00 bits per heavy atom. The van der Waals surface area contributed by atoms with Crippen molar-refractivity contribution in [2.24, 2.45) is 0 Å². The lowest BCUT2D eigenvalue weighted by Crippen LogP contribution is -2.48. The minimum Gasteiger partial charge on any atom is -0.496 e. The molecule has 1 heterocycles. The van der Waals surface area contributed by atoms with E-state index >= 15 is 0 Å². The number of morpholine rings is 1. The highest BCUT2D eigenvalue weighted by molar-refractivity contribution is 5.81. The highest BCUT2D eigenvalue weighted by atomic mass is 16.5. The fourth-order valence-corrected chi connectivity index (χ4v) is 2.96. The average Bonchev–Trinajstić information content (AvgIpc) is 2.68. The Balaban J connectivity index is 1.68. The summed E-state index contributed by atoms with van der Waals surface area (Å²) in [5.41, 5.74) is 3.19. The van der Waals surface area contributed by atoms with Crippen LogP contribution in [0.1, 0.15) is 18.5 Å². The standard InChI is InChI=1S/C20H24N2O3/c1-14(22-20(23)19-13-21-11-12-25-19)15-7-9-16(10-8-15)17-5-3-4-6-18(17)24-2/h3-10,14,19,21H,11-13H2,1-2H3,(H,22,23). The van der Waals surface area contributed by atoms with E-state index in [0.29, 0.717) is 13.2 Å². The SMILES string of the molecule is COc1ccccc1-c1ccc(C(C)NC(=O)C2CNCCO2)cc1. The minimum absolute atomic E-state index is 0.0755. The van der Waals surface area contributed by atoms with Gasteiger partial charge >= 0.3 is 0 Å². The molecule has 0 aromatic heterocycles. The van der Waals surface area contributed by atoms with Crippen molar-refractivity contribution in [3.05, 3.63) is 54.1 Å². The molecule has 2 aromatic rings. The second kappa shape index (κ2) is 8.14. The number of benzene rings is 2. The number of carbonyl (C=O) groups is 1. The Labute approximate surface area is 148 Å². The van der Waals surface area contributed by atoms with Crippen LogP contribution in [0.15, 0.2) is 48.5 Å². The Kier molecular flexibility index (Phi) is 5.68. The number of para-hydroxylation sites is 1. The first-order chi connectivity index (χ1) is 12.2. The van der Waals surface area contributed by atoms with E-state index in [4.69, 9.17) is 9.47 Å². The topological polar surface area (TPSA) is 59.6 Å². The van der Waals surface area contributed by atoms with E-state index < -0.39 is 6.10 Å². The third-order valence-corrected chi connectivity index (χ3v) is 4.41. The molecule has 0 saturated carbocycles. The third kappa shape index (κ3) is 4.18. The van der Waals surface area contributed by atoms with Crippen molar-refractivity contribution in [1.82, 2.24) is 10.6 Å². The molecule has 132 valence electrons. The largest absolute Gasteiger partial charge is 0.496 e. The first-order valence-corrected chi connectivity index (χ1v) is 8.55. The lowest BCUT2D eigenvalue weighted by atomic mass is 10.0. The number of methoxy groups -OCH3 is 1. The molecule has 0 spiro atoms. The van der Waals surface area contributed by atoms with Crippen molar-refractivity contribution in [2.75, 3.05) is 26.8 Å². The van der Waals surface area contributed by atoms with E-state index in [-0.39, 0.29) is 11.9 Å². The summed E-state index contributed by atoms with van der Waals surface area (Å²) in [5.74, 6) is 0.770. The van der Waals surface area contributed by atoms with Crippen LogP contribution in [0, 0.1) is 0 Å². The minimum atomic E-state index is -0.413. The summed E-state index contributed by atoms with van der Waals surface area (Å²) in [4.78, 5) is 12.3.